The Balaban J connectivity index is 1.51. The van der Waals surface area contributed by atoms with Crippen molar-refractivity contribution < 1.29 is 21.6 Å². The van der Waals surface area contributed by atoms with Crippen LogP contribution in [0.25, 0.3) is 0 Å². The number of nitrogens with zero attached hydrogens (tertiary/aromatic N) is 1. The number of carbonyl (C=O) groups is 1. The Labute approximate surface area is 224 Å². The lowest BCUT2D eigenvalue weighted by Crippen LogP contribution is -2.28. The van der Waals surface area contributed by atoms with Gasteiger partial charge in [-0.05, 0) is 67.4 Å². The van der Waals surface area contributed by atoms with Crippen LogP contribution >= 0.6 is 34.8 Å². The summed E-state index contributed by atoms with van der Waals surface area (Å²) in [5, 5.41) is 2.95. The van der Waals surface area contributed by atoms with Crippen molar-refractivity contribution in [2.45, 2.75) is 22.6 Å². The largest absolute Gasteiger partial charge is 0.322 e. The van der Waals surface area contributed by atoms with Crippen LogP contribution in [0, 0.1) is 0 Å². The molecule has 0 radical (unpaired) electrons. The molecule has 0 spiro atoms. The number of hydrogen-bond acceptors (Lipinski definition) is 5. The number of rotatable bonds is 7. The Morgan fingerprint density at radius 3 is 2.11 bits per heavy atom. The van der Waals surface area contributed by atoms with Gasteiger partial charge in [-0.15, -0.1) is 0 Å². The number of carbonyl (C=O) groups excluding carboxylic acids is 1. The van der Waals surface area contributed by atoms with E-state index in [1.54, 1.807) is 6.07 Å². The monoisotopic (exact) mass is 587 g/mol. The molecule has 36 heavy (non-hydrogen) atoms. The van der Waals surface area contributed by atoms with Crippen molar-refractivity contribution in [3.63, 3.8) is 0 Å². The molecule has 190 valence electrons. The van der Waals surface area contributed by atoms with Gasteiger partial charge in [0, 0.05) is 18.8 Å². The number of anilines is 2. The van der Waals surface area contributed by atoms with Crippen molar-refractivity contribution in [1.29, 1.82) is 0 Å². The van der Waals surface area contributed by atoms with Gasteiger partial charge in [-0.3, -0.25) is 9.52 Å². The summed E-state index contributed by atoms with van der Waals surface area (Å²) in [5.74, 6) is -0.641. The predicted molar refractivity (Wildman–Crippen MR) is 141 cm³/mol. The van der Waals surface area contributed by atoms with Gasteiger partial charge in [0.1, 0.15) is 0 Å². The third kappa shape index (κ3) is 5.64. The summed E-state index contributed by atoms with van der Waals surface area (Å²) in [6.07, 6.45) is 1.57. The van der Waals surface area contributed by atoms with Gasteiger partial charge >= 0.3 is 0 Å². The summed E-state index contributed by atoms with van der Waals surface area (Å²) < 4.78 is 54.9. The number of nitrogens with one attached hydrogen (secondary N) is 2. The molecule has 0 aliphatic carbocycles. The van der Waals surface area contributed by atoms with Crippen LogP contribution in [0.2, 0.25) is 15.1 Å². The zero-order valence-electron chi connectivity index (χ0n) is 18.5. The van der Waals surface area contributed by atoms with Crippen molar-refractivity contribution in [1.82, 2.24) is 4.31 Å². The van der Waals surface area contributed by atoms with E-state index < -0.39 is 26.0 Å². The van der Waals surface area contributed by atoms with Gasteiger partial charge in [-0.1, -0.05) is 40.9 Å². The van der Waals surface area contributed by atoms with E-state index in [-0.39, 0.29) is 41.8 Å². The van der Waals surface area contributed by atoms with Gasteiger partial charge < -0.3 is 5.32 Å². The first kappa shape index (κ1) is 26.7. The summed E-state index contributed by atoms with van der Waals surface area (Å²) in [6.45, 7) is 0.861. The van der Waals surface area contributed by atoms with Gasteiger partial charge in [0.2, 0.25) is 10.0 Å². The van der Waals surface area contributed by atoms with Crippen molar-refractivity contribution >= 4 is 72.1 Å². The van der Waals surface area contributed by atoms with E-state index >= 15 is 0 Å². The molecule has 1 heterocycles. The van der Waals surface area contributed by atoms with Crippen LogP contribution in [0.1, 0.15) is 23.2 Å². The third-order valence-electron chi connectivity index (χ3n) is 5.50. The fourth-order valence-electron chi connectivity index (χ4n) is 3.62. The minimum atomic E-state index is -3.99. The van der Waals surface area contributed by atoms with Crippen LogP contribution in [-0.2, 0) is 20.0 Å². The molecule has 0 aromatic heterocycles. The summed E-state index contributed by atoms with van der Waals surface area (Å²) >= 11 is 18.2. The van der Waals surface area contributed by atoms with Crippen LogP contribution in [0.15, 0.2) is 70.5 Å². The van der Waals surface area contributed by atoms with Crippen LogP contribution < -0.4 is 10.0 Å². The van der Waals surface area contributed by atoms with E-state index in [0.717, 1.165) is 12.8 Å². The maximum Gasteiger partial charge on any atom is 0.261 e. The smallest absolute Gasteiger partial charge is 0.261 e. The average Bonchev–Trinajstić information content (AvgIpc) is 3.38. The molecule has 8 nitrogen and oxygen atoms in total. The lowest BCUT2D eigenvalue weighted by molar-refractivity contribution is 0.102. The molecule has 0 saturated carbocycles. The van der Waals surface area contributed by atoms with Crippen LogP contribution in [0.5, 0.6) is 0 Å². The number of benzene rings is 3. The van der Waals surface area contributed by atoms with Crippen molar-refractivity contribution in [2.24, 2.45) is 0 Å². The second-order valence-corrected chi connectivity index (χ2v) is 12.8. The maximum atomic E-state index is 12.9. The first-order valence-corrected chi connectivity index (χ1v) is 14.7. The minimum Gasteiger partial charge on any atom is -0.322 e. The van der Waals surface area contributed by atoms with E-state index in [0.29, 0.717) is 13.1 Å². The third-order valence-corrected chi connectivity index (χ3v) is 9.93. The molecule has 2 N–H and O–H groups in total. The molecular formula is C23H20Cl3N3O5S2. The summed E-state index contributed by atoms with van der Waals surface area (Å²) in [6, 6.07) is 13.9. The number of sulfonamides is 2. The van der Waals surface area contributed by atoms with E-state index in [1.807, 2.05) is 0 Å². The molecule has 0 unspecified atom stereocenters. The summed E-state index contributed by atoms with van der Waals surface area (Å²) in [7, 11) is -7.72. The summed E-state index contributed by atoms with van der Waals surface area (Å²) in [4.78, 5) is 12.8. The van der Waals surface area contributed by atoms with Crippen LogP contribution in [0.4, 0.5) is 11.4 Å². The van der Waals surface area contributed by atoms with Gasteiger partial charge in [-0.25, -0.2) is 16.8 Å². The predicted octanol–water partition coefficient (Wildman–Crippen LogP) is 5.48. The van der Waals surface area contributed by atoms with Crippen molar-refractivity contribution in [2.75, 3.05) is 23.1 Å². The zero-order chi connectivity index (χ0) is 26.1. The molecule has 1 aliphatic heterocycles. The number of hydrogen-bond donors (Lipinski definition) is 2. The van der Waals surface area contributed by atoms with Gasteiger partial charge in [-0.2, -0.15) is 4.31 Å². The Morgan fingerprint density at radius 1 is 0.806 bits per heavy atom. The highest BCUT2D eigenvalue weighted by molar-refractivity contribution is 7.92. The van der Waals surface area contributed by atoms with Crippen molar-refractivity contribution in [3.05, 3.63) is 81.3 Å². The second-order valence-electron chi connectivity index (χ2n) is 7.94. The number of amides is 1. The van der Waals surface area contributed by atoms with E-state index in [4.69, 9.17) is 34.8 Å². The fourth-order valence-corrected chi connectivity index (χ4v) is 6.84. The fraction of sp³-hybridized carbons (Fsp3) is 0.174. The average molecular weight is 589 g/mol. The van der Waals surface area contributed by atoms with Gasteiger partial charge in [0.15, 0.2) is 0 Å². The SMILES string of the molecule is O=C(Nc1ccc(S(=O)(=O)Nc2cccc(Cl)c2Cl)cc1)c1cc(S(=O)(=O)N2CCCC2)ccc1Cl. The molecule has 1 amide bonds. The maximum absolute atomic E-state index is 12.9. The molecule has 4 rings (SSSR count). The highest BCUT2D eigenvalue weighted by atomic mass is 35.5. The number of halogens is 3. The molecule has 0 bridgehead atoms. The molecular weight excluding hydrogens is 569 g/mol. The van der Waals surface area contributed by atoms with Gasteiger partial charge in [0.05, 0.1) is 36.1 Å². The lowest BCUT2D eigenvalue weighted by Gasteiger charge is -2.16. The van der Waals surface area contributed by atoms with E-state index in [1.165, 1.54) is 58.9 Å². The summed E-state index contributed by atoms with van der Waals surface area (Å²) in [5.41, 5.74) is 0.384. The standard InChI is InChI=1S/C23H20Cl3N3O5S2/c24-19-11-10-17(36(33,34)29-12-1-2-13-29)14-18(19)23(30)27-15-6-8-16(9-7-15)35(31,32)28-21-5-3-4-20(25)22(21)26/h3-11,14,28H,1-2,12-13H2,(H,27,30). The molecule has 3 aromatic carbocycles. The lowest BCUT2D eigenvalue weighted by atomic mass is 10.2. The minimum absolute atomic E-state index is 0.0221. The first-order valence-electron chi connectivity index (χ1n) is 10.7. The normalized spacial score (nSPS) is 14.5. The first-order chi connectivity index (χ1) is 17.0. The zero-order valence-corrected chi connectivity index (χ0v) is 22.4. The van der Waals surface area contributed by atoms with E-state index in [9.17, 15) is 21.6 Å². The van der Waals surface area contributed by atoms with Crippen LogP contribution in [0.3, 0.4) is 0 Å². The molecule has 1 aliphatic rings. The Morgan fingerprint density at radius 2 is 1.44 bits per heavy atom. The molecule has 13 heteroatoms. The highest BCUT2D eigenvalue weighted by Crippen LogP contribution is 2.31. The molecule has 0 atom stereocenters. The van der Waals surface area contributed by atoms with Crippen LogP contribution in [-0.4, -0.2) is 40.1 Å². The van der Waals surface area contributed by atoms with E-state index in [2.05, 4.69) is 10.0 Å². The quantitative estimate of drug-likeness (QED) is 0.379. The second kappa shape index (κ2) is 10.6. The van der Waals surface area contributed by atoms with Crippen molar-refractivity contribution in [3.8, 4) is 0 Å². The highest BCUT2D eigenvalue weighted by Gasteiger charge is 2.28. The molecule has 1 fully saturated rings. The Kier molecular flexibility index (Phi) is 7.84. The molecule has 3 aromatic rings. The molecule has 1 saturated heterocycles. The van der Waals surface area contributed by atoms with Gasteiger partial charge in [0.25, 0.3) is 15.9 Å². The topological polar surface area (TPSA) is 113 Å². The Bertz CT molecular complexity index is 1520. The Hall–Kier alpha value is -2.34.